The van der Waals surface area contributed by atoms with Gasteiger partial charge in [0.05, 0.1) is 17.6 Å². The van der Waals surface area contributed by atoms with Gasteiger partial charge in [0.15, 0.2) is 11.5 Å². The SMILES string of the molecule is Cc1cc(C)n(-c2ccc(CCNC(=O)c3cc(-c4ccco4)[nH]n3)cc2)n1. The topological polar surface area (TPSA) is 88.7 Å². The van der Waals surface area contributed by atoms with Crippen LogP contribution in [0.1, 0.15) is 27.4 Å². The Balaban J connectivity index is 1.32. The predicted molar refractivity (Wildman–Crippen MR) is 105 cm³/mol. The van der Waals surface area contributed by atoms with E-state index in [1.165, 1.54) is 0 Å². The number of H-pyrrole nitrogens is 1. The van der Waals surface area contributed by atoms with Gasteiger partial charge in [0.25, 0.3) is 5.91 Å². The normalized spacial score (nSPS) is 10.9. The first-order valence-electron chi connectivity index (χ1n) is 9.10. The number of hydrogen-bond acceptors (Lipinski definition) is 4. The summed E-state index contributed by atoms with van der Waals surface area (Å²) >= 11 is 0. The van der Waals surface area contributed by atoms with E-state index in [0.29, 0.717) is 23.7 Å². The van der Waals surface area contributed by atoms with Crippen molar-refractivity contribution in [3.8, 4) is 17.1 Å². The quantitative estimate of drug-likeness (QED) is 0.540. The number of aromatic amines is 1. The van der Waals surface area contributed by atoms with Crippen LogP contribution in [-0.2, 0) is 6.42 Å². The number of carbonyl (C=O) groups is 1. The maximum atomic E-state index is 12.3. The predicted octanol–water partition coefficient (Wildman–Crippen LogP) is 3.44. The zero-order valence-electron chi connectivity index (χ0n) is 15.8. The number of carbonyl (C=O) groups excluding carboxylic acids is 1. The highest BCUT2D eigenvalue weighted by Gasteiger charge is 2.12. The van der Waals surface area contributed by atoms with Gasteiger partial charge in [-0.2, -0.15) is 10.2 Å². The maximum absolute atomic E-state index is 12.3. The zero-order valence-corrected chi connectivity index (χ0v) is 15.8. The van der Waals surface area contributed by atoms with E-state index < -0.39 is 0 Å². The van der Waals surface area contributed by atoms with Crippen LogP contribution >= 0.6 is 0 Å². The molecule has 2 N–H and O–H groups in total. The van der Waals surface area contributed by atoms with Crippen LogP contribution in [0.5, 0.6) is 0 Å². The van der Waals surface area contributed by atoms with Crippen molar-refractivity contribution in [1.29, 1.82) is 0 Å². The Hall–Kier alpha value is -3.61. The minimum Gasteiger partial charge on any atom is -0.463 e. The van der Waals surface area contributed by atoms with E-state index in [4.69, 9.17) is 4.42 Å². The molecule has 0 aliphatic carbocycles. The molecule has 0 unspecified atom stereocenters. The number of nitrogens with one attached hydrogen (secondary N) is 2. The third-order valence-electron chi connectivity index (χ3n) is 4.49. The minimum atomic E-state index is -0.215. The van der Waals surface area contributed by atoms with Gasteiger partial charge < -0.3 is 9.73 Å². The molecule has 3 heterocycles. The lowest BCUT2D eigenvalue weighted by Gasteiger charge is -2.07. The minimum absolute atomic E-state index is 0.215. The summed E-state index contributed by atoms with van der Waals surface area (Å²) in [5, 5.41) is 14.2. The smallest absolute Gasteiger partial charge is 0.271 e. The van der Waals surface area contributed by atoms with Crippen molar-refractivity contribution in [3.05, 3.63) is 77.4 Å². The van der Waals surface area contributed by atoms with E-state index in [9.17, 15) is 4.79 Å². The third kappa shape index (κ3) is 3.73. The van der Waals surface area contributed by atoms with E-state index in [-0.39, 0.29) is 5.91 Å². The molecule has 4 rings (SSSR count). The van der Waals surface area contributed by atoms with Crippen LogP contribution in [0.15, 0.2) is 59.2 Å². The summed E-state index contributed by atoms with van der Waals surface area (Å²) in [5.74, 6) is 0.433. The Labute approximate surface area is 162 Å². The van der Waals surface area contributed by atoms with Crippen molar-refractivity contribution >= 4 is 5.91 Å². The van der Waals surface area contributed by atoms with Crippen molar-refractivity contribution in [2.75, 3.05) is 6.54 Å². The molecular formula is C21H21N5O2. The standard InChI is InChI=1S/C21H21N5O2/c1-14-12-15(2)26(25-14)17-7-5-16(6-8-17)9-10-22-21(27)19-13-18(23-24-19)20-4-3-11-28-20/h3-8,11-13H,9-10H2,1-2H3,(H,22,27)(H,23,24). The lowest BCUT2D eigenvalue weighted by atomic mass is 10.1. The fraction of sp³-hybridized carbons (Fsp3) is 0.190. The molecule has 7 nitrogen and oxygen atoms in total. The van der Waals surface area contributed by atoms with Crippen LogP contribution < -0.4 is 5.32 Å². The number of aryl methyl sites for hydroxylation is 2. The Bertz CT molecular complexity index is 1070. The molecule has 0 aliphatic heterocycles. The van der Waals surface area contributed by atoms with Crippen molar-refractivity contribution in [1.82, 2.24) is 25.3 Å². The van der Waals surface area contributed by atoms with Gasteiger partial charge in [-0.3, -0.25) is 9.89 Å². The molecule has 0 saturated carbocycles. The number of furan rings is 1. The van der Waals surface area contributed by atoms with Crippen molar-refractivity contribution in [2.45, 2.75) is 20.3 Å². The van der Waals surface area contributed by atoms with Crippen LogP contribution in [0, 0.1) is 13.8 Å². The highest BCUT2D eigenvalue weighted by Crippen LogP contribution is 2.17. The lowest BCUT2D eigenvalue weighted by Crippen LogP contribution is -2.26. The van der Waals surface area contributed by atoms with Gasteiger partial charge in [-0.25, -0.2) is 4.68 Å². The average Bonchev–Trinajstić information content (AvgIpc) is 3.42. The Kier molecular flexibility index (Phi) is 4.80. The molecule has 1 aromatic carbocycles. The van der Waals surface area contributed by atoms with Crippen LogP contribution in [-0.4, -0.2) is 32.4 Å². The van der Waals surface area contributed by atoms with Crippen molar-refractivity contribution in [2.24, 2.45) is 0 Å². The number of amides is 1. The first-order chi connectivity index (χ1) is 13.6. The lowest BCUT2D eigenvalue weighted by molar-refractivity contribution is 0.0949. The second-order valence-corrected chi connectivity index (χ2v) is 6.66. The summed E-state index contributed by atoms with van der Waals surface area (Å²) in [5.41, 5.74) is 5.29. The first kappa shape index (κ1) is 17.8. The molecule has 4 aromatic rings. The summed E-state index contributed by atoms with van der Waals surface area (Å²) in [7, 11) is 0. The monoisotopic (exact) mass is 375 g/mol. The molecule has 1 amide bonds. The average molecular weight is 375 g/mol. The summed E-state index contributed by atoms with van der Waals surface area (Å²) in [6, 6.07) is 15.5. The molecule has 0 atom stereocenters. The highest BCUT2D eigenvalue weighted by atomic mass is 16.3. The van der Waals surface area contributed by atoms with E-state index in [1.54, 1.807) is 18.4 Å². The zero-order chi connectivity index (χ0) is 19.5. The maximum Gasteiger partial charge on any atom is 0.271 e. The molecule has 0 bridgehead atoms. The van der Waals surface area contributed by atoms with Crippen molar-refractivity contribution in [3.63, 3.8) is 0 Å². The Morgan fingerprint density at radius 2 is 2.00 bits per heavy atom. The van der Waals surface area contributed by atoms with E-state index in [1.807, 2.05) is 36.7 Å². The summed E-state index contributed by atoms with van der Waals surface area (Å²) in [6.07, 6.45) is 2.31. The summed E-state index contributed by atoms with van der Waals surface area (Å²) in [4.78, 5) is 12.3. The van der Waals surface area contributed by atoms with Gasteiger partial charge in [0.1, 0.15) is 5.69 Å². The number of hydrogen-bond donors (Lipinski definition) is 2. The molecule has 142 valence electrons. The Morgan fingerprint density at radius 1 is 1.18 bits per heavy atom. The third-order valence-corrected chi connectivity index (χ3v) is 4.49. The Morgan fingerprint density at radius 3 is 2.68 bits per heavy atom. The van der Waals surface area contributed by atoms with Crippen LogP contribution in [0.3, 0.4) is 0 Å². The molecule has 0 spiro atoms. The molecule has 7 heteroatoms. The largest absolute Gasteiger partial charge is 0.463 e. The second-order valence-electron chi connectivity index (χ2n) is 6.66. The number of benzene rings is 1. The van der Waals surface area contributed by atoms with Gasteiger partial charge >= 0.3 is 0 Å². The molecule has 0 aliphatic rings. The molecule has 28 heavy (non-hydrogen) atoms. The highest BCUT2D eigenvalue weighted by molar-refractivity contribution is 5.93. The van der Waals surface area contributed by atoms with Crippen LogP contribution in [0.4, 0.5) is 0 Å². The fourth-order valence-electron chi connectivity index (χ4n) is 3.10. The molecule has 0 saturated heterocycles. The molecular weight excluding hydrogens is 354 g/mol. The summed E-state index contributed by atoms with van der Waals surface area (Å²) < 4.78 is 7.22. The molecule has 0 fully saturated rings. The first-order valence-corrected chi connectivity index (χ1v) is 9.10. The van der Waals surface area contributed by atoms with E-state index >= 15 is 0 Å². The van der Waals surface area contributed by atoms with Crippen LogP contribution in [0.25, 0.3) is 17.1 Å². The molecule has 3 aromatic heterocycles. The van der Waals surface area contributed by atoms with Crippen molar-refractivity contribution < 1.29 is 9.21 Å². The van der Waals surface area contributed by atoms with Gasteiger partial charge in [0.2, 0.25) is 0 Å². The second kappa shape index (κ2) is 7.56. The van der Waals surface area contributed by atoms with E-state index in [2.05, 4.69) is 38.8 Å². The number of nitrogens with zero attached hydrogens (tertiary/aromatic N) is 3. The molecule has 0 radical (unpaired) electrons. The number of rotatable bonds is 6. The van der Waals surface area contributed by atoms with E-state index in [0.717, 1.165) is 29.1 Å². The van der Waals surface area contributed by atoms with Crippen LogP contribution in [0.2, 0.25) is 0 Å². The fourth-order valence-corrected chi connectivity index (χ4v) is 3.10. The van der Waals surface area contributed by atoms with Gasteiger partial charge in [-0.05, 0) is 56.2 Å². The summed E-state index contributed by atoms with van der Waals surface area (Å²) in [6.45, 7) is 4.55. The van der Waals surface area contributed by atoms with Gasteiger partial charge in [-0.1, -0.05) is 12.1 Å². The van der Waals surface area contributed by atoms with Gasteiger partial charge in [0, 0.05) is 18.3 Å². The number of aromatic nitrogens is 4. The van der Waals surface area contributed by atoms with Gasteiger partial charge in [-0.15, -0.1) is 0 Å².